The molecule has 0 aliphatic heterocycles. The van der Waals surface area contributed by atoms with E-state index in [2.05, 4.69) is 6.07 Å². The van der Waals surface area contributed by atoms with Crippen molar-refractivity contribution in [2.24, 2.45) is 0 Å². The van der Waals surface area contributed by atoms with Gasteiger partial charge in [0.2, 0.25) is 0 Å². The molecule has 100 valence electrons. The molecule has 0 aromatic heterocycles. The standard InChI is InChI=1S/C18H17NO/c19-14-18(11-6-12-18)16-9-4-5-10-17(16)20-13-15-7-2-1-3-8-15/h1-5,7-10H,6,11-13H2. The lowest BCUT2D eigenvalue weighted by Crippen LogP contribution is -2.32. The van der Waals surface area contributed by atoms with Crippen molar-refractivity contribution in [1.29, 1.82) is 5.26 Å². The Morgan fingerprint density at radius 3 is 2.35 bits per heavy atom. The van der Waals surface area contributed by atoms with Crippen LogP contribution in [0, 0.1) is 11.3 Å². The molecule has 3 rings (SSSR count). The molecule has 0 atom stereocenters. The van der Waals surface area contributed by atoms with Crippen LogP contribution in [0.3, 0.4) is 0 Å². The van der Waals surface area contributed by atoms with Gasteiger partial charge in [0, 0.05) is 5.56 Å². The van der Waals surface area contributed by atoms with Crippen LogP contribution < -0.4 is 4.74 Å². The van der Waals surface area contributed by atoms with E-state index < -0.39 is 0 Å². The van der Waals surface area contributed by atoms with Crippen LogP contribution in [0.4, 0.5) is 0 Å². The molecule has 0 amide bonds. The molecule has 2 aromatic rings. The first kappa shape index (κ1) is 12.7. The number of nitriles is 1. The first-order valence-corrected chi connectivity index (χ1v) is 7.02. The lowest BCUT2D eigenvalue weighted by atomic mass is 9.65. The molecular weight excluding hydrogens is 246 g/mol. The molecule has 1 saturated carbocycles. The van der Waals surface area contributed by atoms with E-state index in [1.54, 1.807) is 0 Å². The summed E-state index contributed by atoms with van der Waals surface area (Å²) < 4.78 is 5.96. The van der Waals surface area contributed by atoms with Crippen molar-refractivity contribution in [3.05, 3.63) is 65.7 Å². The van der Waals surface area contributed by atoms with Gasteiger partial charge in [0.25, 0.3) is 0 Å². The van der Waals surface area contributed by atoms with E-state index in [-0.39, 0.29) is 5.41 Å². The smallest absolute Gasteiger partial charge is 0.124 e. The molecule has 1 fully saturated rings. The number of ether oxygens (including phenoxy) is 1. The van der Waals surface area contributed by atoms with E-state index in [4.69, 9.17) is 4.74 Å². The summed E-state index contributed by atoms with van der Waals surface area (Å²) in [5, 5.41) is 9.49. The molecule has 0 saturated heterocycles. The van der Waals surface area contributed by atoms with Crippen molar-refractivity contribution >= 4 is 0 Å². The average molecular weight is 263 g/mol. The topological polar surface area (TPSA) is 33.0 Å². The van der Waals surface area contributed by atoms with Crippen LogP contribution in [0.15, 0.2) is 54.6 Å². The van der Waals surface area contributed by atoms with E-state index in [1.165, 1.54) is 0 Å². The van der Waals surface area contributed by atoms with E-state index in [1.807, 2.05) is 54.6 Å². The van der Waals surface area contributed by atoms with Gasteiger partial charge in [-0.3, -0.25) is 0 Å². The summed E-state index contributed by atoms with van der Waals surface area (Å²) in [5.41, 5.74) is 1.86. The molecule has 2 aromatic carbocycles. The third-order valence-electron chi connectivity index (χ3n) is 4.06. The van der Waals surface area contributed by atoms with Crippen molar-refractivity contribution in [3.8, 4) is 11.8 Å². The highest BCUT2D eigenvalue weighted by atomic mass is 16.5. The van der Waals surface area contributed by atoms with E-state index >= 15 is 0 Å². The number of para-hydroxylation sites is 1. The van der Waals surface area contributed by atoms with Crippen LogP contribution in [0.5, 0.6) is 5.75 Å². The van der Waals surface area contributed by atoms with Crippen molar-refractivity contribution in [2.45, 2.75) is 31.3 Å². The van der Waals surface area contributed by atoms with Gasteiger partial charge in [-0.1, -0.05) is 48.5 Å². The number of benzene rings is 2. The Bertz CT molecular complexity index is 623. The summed E-state index contributed by atoms with van der Waals surface area (Å²) >= 11 is 0. The maximum absolute atomic E-state index is 9.49. The molecule has 2 heteroatoms. The summed E-state index contributed by atoms with van der Waals surface area (Å²) in [4.78, 5) is 0. The minimum absolute atomic E-state index is 0.326. The Kier molecular flexibility index (Phi) is 3.43. The zero-order valence-corrected chi connectivity index (χ0v) is 11.4. The summed E-state index contributed by atoms with van der Waals surface area (Å²) in [7, 11) is 0. The zero-order chi connectivity index (χ0) is 13.8. The molecule has 0 spiro atoms. The molecule has 1 aliphatic carbocycles. The Labute approximate surface area is 119 Å². The van der Waals surface area contributed by atoms with Crippen molar-refractivity contribution < 1.29 is 4.74 Å². The van der Waals surface area contributed by atoms with Gasteiger partial charge in [-0.25, -0.2) is 0 Å². The van der Waals surface area contributed by atoms with Gasteiger partial charge in [0.15, 0.2) is 0 Å². The Morgan fingerprint density at radius 1 is 1.00 bits per heavy atom. The van der Waals surface area contributed by atoms with E-state index in [0.717, 1.165) is 36.1 Å². The number of rotatable bonds is 4. The van der Waals surface area contributed by atoms with Crippen LogP contribution in [0.2, 0.25) is 0 Å². The summed E-state index contributed by atoms with van der Waals surface area (Å²) in [6, 6.07) is 20.5. The van der Waals surface area contributed by atoms with Gasteiger partial charge in [-0.15, -0.1) is 0 Å². The van der Waals surface area contributed by atoms with Gasteiger partial charge >= 0.3 is 0 Å². The monoisotopic (exact) mass is 263 g/mol. The second-order valence-electron chi connectivity index (χ2n) is 5.32. The largest absolute Gasteiger partial charge is 0.489 e. The lowest BCUT2D eigenvalue weighted by molar-refractivity contribution is 0.273. The van der Waals surface area contributed by atoms with E-state index in [0.29, 0.717) is 6.61 Å². The van der Waals surface area contributed by atoms with Crippen LogP contribution in [0.25, 0.3) is 0 Å². The lowest BCUT2D eigenvalue weighted by Gasteiger charge is -2.36. The molecular formula is C18H17NO. The maximum Gasteiger partial charge on any atom is 0.124 e. The predicted molar refractivity (Wildman–Crippen MR) is 78.4 cm³/mol. The molecule has 0 unspecified atom stereocenters. The minimum atomic E-state index is -0.326. The second-order valence-corrected chi connectivity index (χ2v) is 5.32. The highest BCUT2D eigenvalue weighted by Crippen LogP contribution is 2.46. The Balaban J connectivity index is 1.82. The van der Waals surface area contributed by atoms with Gasteiger partial charge in [0.1, 0.15) is 12.4 Å². The number of hydrogen-bond acceptors (Lipinski definition) is 2. The van der Waals surface area contributed by atoms with E-state index in [9.17, 15) is 5.26 Å². The molecule has 1 aliphatic rings. The maximum atomic E-state index is 9.49. The van der Waals surface area contributed by atoms with Gasteiger partial charge in [-0.2, -0.15) is 5.26 Å². The summed E-state index contributed by atoms with van der Waals surface area (Å²) in [6.07, 6.45) is 3.00. The third-order valence-corrected chi connectivity index (χ3v) is 4.06. The predicted octanol–water partition coefficient (Wildman–Crippen LogP) is 4.21. The van der Waals surface area contributed by atoms with Crippen LogP contribution in [-0.2, 0) is 12.0 Å². The molecule has 0 N–H and O–H groups in total. The fourth-order valence-electron chi connectivity index (χ4n) is 2.69. The van der Waals surface area contributed by atoms with Crippen LogP contribution >= 0.6 is 0 Å². The molecule has 0 radical (unpaired) electrons. The zero-order valence-electron chi connectivity index (χ0n) is 11.4. The third kappa shape index (κ3) is 2.28. The van der Waals surface area contributed by atoms with Crippen molar-refractivity contribution in [3.63, 3.8) is 0 Å². The molecule has 2 nitrogen and oxygen atoms in total. The minimum Gasteiger partial charge on any atom is -0.489 e. The second kappa shape index (κ2) is 5.38. The van der Waals surface area contributed by atoms with Gasteiger partial charge in [0.05, 0.1) is 11.5 Å². The highest BCUT2D eigenvalue weighted by Gasteiger charge is 2.40. The summed E-state index contributed by atoms with van der Waals surface area (Å²) in [5.74, 6) is 0.845. The molecule has 0 heterocycles. The first-order valence-electron chi connectivity index (χ1n) is 7.02. The fraction of sp³-hybridized carbons (Fsp3) is 0.278. The van der Waals surface area contributed by atoms with Crippen LogP contribution in [0.1, 0.15) is 30.4 Å². The number of nitrogens with zero attached hydrogens (tertiary/aromatic N) is 1. The Morgan fingerprint density at radius 2 is 1.70 bits per heavy atom. The van der Waals surface area contributed by atoms with Gasteiger partial charge in [-0.05, 0) is 30.9 Å². The van der Waals surface area contributed by atoms with Crippen molar-refractivity contribution in [1.82, 2.24) is 0 Å². The van der Waals surface area contributed by atoms with Crippen molar-refractivity contribution in [2.75, 3.05) is 0 Å². The first-order chi connectivity index (χ1) is 9.84. The Hall–Kier alpha value is -2.27. The van der Waals surface area contributed by atoms with Crippen LogP contribution in [-0.4, -0.2) is 0 Å². The quantitative estimate of drug-likeness (QED) is 0.827. The average Bonchev–Trinajstić information content (AvgIpc) is 2.47. The normalized spacial score (nSPS) is 15.9. The van der Waals surface area contributed by atoms with Gasteiger partial charge < -0.3 is 4.74 Å². The molecule has 20 heavy (non-hydrogen) atoms. The fourth-order valence-corrected chi connectivity index (χ4v) is 2.69. The summed E-state index contributed by atoms with van der Waals surface area (Å²) in [6.45, 7) is 0.541. The SMILES string of the molecule is N#CC1(c2ccccc2OCc2ccccc2)CCC1. The highest BCUT2D eigenvalue weighted by molar-refractivity contribution is 5.45. The molecule has 0 bridgehead atoms. The number of hydrogen-bond donors (Lipinski definition) is 0.